The number of benzene rings is 2. The number of hydrogen-bond acceptors (Lipinski definition) is 6. The average molecular weight is 363 g/mol. The maximum Gasteiger partial charge on any atom is 0.337 e. The number of sulfonamides is 1. The normalized spacial score (nSPS) is 12.8. The van der Waals surface area contributed by atoms with E-state index >= 15 is 0 Å². The number of esters is 1. The van der Waals surface area contributed by atoms with Gasteiger partial charge in [0.25, 0.3) is 0 Å². The average Bonchev–Trinajstić information content (AvgIpc) is 3.09. The van der Waals surface area contributed by atoms with Gasteiger partial charge in [0.1, 0.15) is 0 Å². The molecule has 2 aromatic carbocycles. The Balaban J connectivity index is 1.65. The second kappa shape index (κ2) is 7.12. The van der Waals surface area contributed by atoms with Crippen molar-refractivity contribution in [3.8, 4) is 11.5 Å². The Morgan fingerprint density at radius 2 is 1.96 bits per heavy atom. The van der Waals surface area contributed by atoms with Crippen molar-refractivity contribution in [3.05, 3.63) is 53.6 Å². The van der Waals surface area contributed by atoms with Crippen molar-refractivity contribution in [2.24, 2.45) is 0 Å². The molecule has 132 valence electrons. The lowest BCUT2D eigenvalue weighted by Gasteiger charge is -2.08. The first-order chi connectivity index (χ1) is 12.0. The van der Waals surface area contributed by atoms with Crippen LogP contribution in [0.4, 0.5) is 0 Å². The first kappa shape index (κ1) is 17.2. The van der Waals surface area contributed by atoms with Gasteiger partial charge in [0.15, 0.2) is 11.5 Å². The minimum atomic E-state index is -3.72. The Morgan fingerprint density at radius 3 is 2.76 bits per heavy atom. The third-order valence-corrected chi connectivity index (χ3v) is 5.17. The maximum absolute atomic E-state index is 12.4. The standard InChI is InChI=1S/C17H17NO6S/c1-22-17(19)13-3-2-4-14(10-13)25(20,21)18-8-7-12-5-6-15-16(9-12)24-11-23-15/h2-6,9-10,18H,7-8,11H2,1H3. The number of hydrogen-bond donors (Lipinski definition) is 1. The van der Waals surface area contributed by atoms with Gasteiger partial charge in [0.2, 0.25) is 16.8 Å². The summed E-state index contributed by atoms with van der Waals surface area (Å²) >= 11 is 0. The molecule has 0 saturated carbocycles. The monoisotopic (exact) mass is 363 g/mol. The van der Waals surface area contributed by atoms with Crippen molar-refractivity contribution in [1.29, 1.82) is 0 Å². The minimum absolute atomic E-state index is 0.0149. The van der Waals surface area contributed by atoms with Crippen molar-refractivity contribution in [2.45, 2.75) is 11.3 Å². The second-order valence-electron chi connectivity index (χ2n) is 5.35. The van der Waals surface area contributed by atoms with Gasteiger partial charge in [-0.1, -0.05) is 12.1 Å². The van der Waals surface area contributed by atoms with Crippen LogP contribution < -0.4 is 14.2 Å². The predicted molar refractivity (Wildman–Crippen MR) is 89.2 cm³/mol. The minimum Gasteiger partial charge on any atom is -0.465 e. The molecular formula is C17H17NO6S. The van der Waals surface area contributed by atoms with Crippen molar-refractivity contribution in [3.63, 3.8) is 0 Å². The molecule has 0 radical (unpaired) electrons. The summed E-state index contributed by atoms with van der Waals surface area (Å²) in [5, 5.41) is 0. The highest BCUT2D eigenvalue weighted by molar-refractivity contribution is 7.89. The van der Waals surface area contributed by atoms with Crippen LogP contribution in [0.15, 0.2) is 47.4 Å². The zero-order valence-corrected chi connectivity index (χ0v) is 14.3. The molecular weight excluding hydrogens is 346 g/mol. The molecule has 0 atom stereocenters. The van der Waals surface area contributed by atoms with Gasteiger partial charge in [0, 0.05) is 6.54 Å². The lowest BCUT2D eigenvalue weighted by atomic mass is 10.1. The van der Waals surface area contributed by atoms with Crippen molar-refractivity contribution in [1.82, 2.24) is 4.72 Å². The highest BCUT2D eigenvalue weighted by Gasteiger charge is 2.17. The summed E-state index contributed by atoms with van der Waals surface area (Å²) in [6.45, 7) is 0.409. The SMILES string of the molecule is COC(=O)c1cccc(S(=O)(=O)NCCc2ccc3c(c2)OCO3)c1. The highest BCUT2D eigenvalue weighted by atomic mass is 32.2. The van der Waals surface area contributed by atoms with E-state index in [1.807, 2.05) is 12.1 Å². The van der Waals surface area contributed by atoms with Gasteiger partial charge in [-0.05, 0) is 42.3 Å². The fourth-order valence-corrected chi connectivity index (χ4v) is 3.49. The fraction of sp³-hybridized carbons (Fsp3) is 0.235. The molecule has 0 aromatic heterocycles. The Morgan fingerprint density at radius 1 is 1.16 bits per heavy atom. The molecule has 0 unspecified atom stereocenters. The summed E-state index contributed by atoms with van der Waals surface area (Å²) in [4.78, 5) is 11.5. The lowest BCUT2D eigenvalue weighted by molar-refractivity contribution is 0.0600. The quantitative estimate of drug-likeness (QED) is 0.786. The topological polar surface area (TPSA) is 90.9 Å². The van der Waals surface area contributed by atoms with Crippen LogP contribution in [0.5, 0.6) is 11.5 Å². The third-order valence-electron chi connectivity index (χ3n) is 3.71. The molecule has 8 heteroatoms. The van der Waals surface area contributed by atoms with Gasteiger partial charge in [-0.3, -0.25) is 0 Å². The lowest BCUT2D eigenvalue weighted by Crippen LogP contribution is -2.26. The first-order valence-corrected chi connectivity index (χ1v) is 9.04. The number of carbonyl (C=O) groups is 1. The number of fused-ring (bicyclic) bond motifs is 1. The van der Waals surface area contributed by atoms with E-state index in [-0.39, 0.29) is 23.8 Å². The number of ether oxygens (including phenoxy) is 3. The molecule has 0 aliphatic carbocycles. The largest absolute Gasteiger partial charge is 0.465 e. The molecule has 1 aliphatic heterocycles. The van der Waals surface area contributed by atoms with Gasteiger partial charge in [-0.2, -0.15) is 0 Å². The van der Waals surface area contributed by atoms with Gasteiger partial charge < -0.3 is 14.2 Å². The Labute approximate surface area is 145 Å². The fourth-order valence-electron chi connectivity index (χ4n) is 2.42. The van der Waals surface area contributed by atoms with Gasteiger partial charge in [-0.15, -0.1) is 0 Å². The smallest absolute Gasteiger partial charge is 0.337 e. The predicted octanol–water partition coefficient (Wildman–Crippen LogP) is 1.72. The second-order valence-corrected chi connectivity index (χ2v) is 7.12. The summed E-state index contributed by atoms with van der Waals surface area (Å²) in [5.74, 6) is 0.757. The molecule has 0 saturated heterocycles. The molecule has 0 fully saturated rings. The molecule has 3 rings (SSSR count). The Kier molecular flexibility index (Phi) is 4.91. The van der Waals surface area contributed by atoms with Crippen molar-refractivity contribution in [2.75, 3.05) is 20.4 Å². The van der Waals surface area contributed by atoms with Crippen molar-refractivity contribution < 1.29 is 27.4 Å². The zero-order chi connectivity index (χ0) is 17.9. The summed E-state index contributed by atoms with van der Waals surface area (Å²) in [7, 11) is -2.48. The summed E-state index contributed by atoms with van der Waals surface area (Å²) in [6, 6.07) is 11.2. The van der Waals surface area contributed by atoms with E-state index in [1.54, 1.807) is 6.07 Å². The van der Waals surface area contributed by atoms with E-state index in [4.69, 9.17) is 9.47 Å². The van der Waals surface area contributed by atoms with Crippen LogP contribution in [0.25, 0.3) is 0 Å². The van der Waals surface area contributed by atoms with Gasteiger partial charge in [-0.25, -0.2) is 17.9 Å². The molecule has 1 N–H and O–H groups in total. The molecule has 1 heterocycles. The van der Waals surface area contributed by atoms with Crippen LogP contribution in [0, 0.1) is 0 Å². The molecule has 7 nitrogen and oxygen atoms in total. The van der Waals surface area contributed by atoms with Crippen LogP contribution in [-0.2, 0) is 21.2 Å². The molecule has 25 heavy (non-hydrogen) atoms. The summed E-state index contributed by atoms with van der Waals surface area (Å²) in [5.41, 5.74) is 1.11. The van der Waals surface area contributed by atoms with Crippen LogP contribution in [0.3, 0.4) is 0 Å². The van der Waals surface area contributed by atoms with Gasteiger partial charge in [0.05, 0.1) is 17.6 Å². The Hall–Kier alpha value is -2.58. The molecule has 1 aliphatic rings. The van der Waals surface area contributed by atoms with E-state index in [1.165, 1.54) is 31.4 Å². The van der Waals surface area contributed by atoms with E-state index in [9.17, 15) is 13.2 Å². The van der Waals surface area contributed by atoms with Crippen LogP contribution in [0.1, 0.15) is 15.9 Å². The third kappa shape index (κ3) is 3.92. The molecule has 2 aromatic rings. The van der Waals surface area contributed by atoms with Crippen LogP contribution in [-0.4, -0.2) is 34.8 Å². The van der Waals surface area contributed by atoms with Crippen LogP contribution >= 0.6 is 0 Å². The first-order valence-electron chi connectivity index (χ1n) is 7.56. The van der Waals surface area contributed by atoms with Crippen molar-refractivity contribution >= 4 is 16.0 Å². The van der Waals surface area contributed by atoms with E-state index < -0.39 is 16.0 Å². The number of nitrogens with one attached hydrogen (secondary N) is 1. The zero-order valence-electron chi connectivity index (χ0n) is 13.5. The summed E-state index contributed by atoms with van der Waals surface area (Å²) < 4.78 is 42.4. The number of carbonyl (C=O) groups excluding carboxylic acids is 1. The van der Waals surface area contributed by atoms with E-state index in [2.05, 4.69) is 9.46 Å². The molecule has 0 spiro atoms. The van der Waals surface area contributed by atoms with E-state index in [0.29, 0.717) is 17.9 Å². The molecule has 0 amide bonds. The Bertz CT molecular complexity index is 894. The van der Waals surface area contributed by atoms with E-state index in [0.717, 1.165) is 5.56 Å². The van der Waals surface area contributed by atoms with Gasteiger partial charge >= 0.3 is 5.97 Å². The number of rotatable bonds is 6. The number of methoxy groups -OCH3 is 1. The molecule has 0 bridgehead atoms. The van der Waals surface area contributed by atoms with Crippen LogP contribution in [0.2, 0.25) is 0 Å². The summed E-state index contributed by atoms with van der Waals surface area (Å²) in [6.07, 6.45) is 0.493. The maximum atomic E-state index is 12.4. The highest BCUT2D eigenvalue weighted by Crippen LogP contribution is 2.32.